The predicted molar refractivity (Wildman–Crippen MR) is 93.6 cm³/mol. The number of amides is 1. The molecule has 0 unspecified atom stereocenters. The number of hydrogen-bond acceptors (Lipinski definition) is 3. The van der Waals surface area contributed by atoms with E-state index < -0.39 is 0 Å². The Bertz CT molecular complexity index is 642. The molecule has 1 saturated heterocycles. The van der Waals surface area contributed by atoms with Gasteiger partial charge < -0.3 is 4.90 Å². The summed E-state index contributed by atoms with van der Waals surface area (Å²) in [5.74, 6) is 0.233. The topological polar surface area (TPSA) is 51.0 Å². The second-order valence-electron chi connectivity index (χ2n) is 6.27. The summed E-state index contributed by atoms with van der Waals surface area (Å²) in [5.41, 5.74) is 1.19. The highest BCUT2D eigenvalue weighted by atomic mass is 35.5. The molecule has 0 aliphatic carbocycles. The Labute approximate surface area is 147 Å². The predicted octanol–water partition coefficient (Wildman–Crippen LogP) is 3.86. The fourth-order valence-corrected chi connectivity index (χ4v) is 3.45. The van der Waals surface area contributed by atoms with Crippen LogP contribution in [-0.4, -0.2) is 32.1 Å². The molecular formula is C18H23ClN4O. The first-order valence-corrected chi connectivity index (χ1v) is 8.99. The van der Waals surface area contributed by atoms with Crippen LogP contribution in [0.2, 0.25) is 5.02 Å². The van der Waals surface area contributed by atoms with Crippen molar-refractivity contribution in [2.75, 3.05) is 6.54 Å². The van der Waals surface area contributed by atoms with Crippen molar-refractivity contribution in [2.45, 2.75) is 51.1 Å². The molecule has 128 valence electrons. The van der Waals surface area contributed by atoms with Gasteiger partial charge in [-0.3, -0.25) is 9.48 Å². The van der Waals surface area contributed by atoms with Crippen LogP contribution in [0.4, 0.5) is 0 Å². The third-order valence-corrected chi connectivity index (χ3v) is 4.82. The van der Waals surface area contributed by atoms with Crippen LogP contribution in [0.5, 0.6) is 0 Å². The fraction of sp³-hybridized carbons (Fsp3) is 0.500. The number of hydrogen-bond donors (Lipinski definition) is 0. The summed E-state index contributed by atoms with van der Waals surface area (Å²) in [6, 6.07) is 8.09. The van der Waals surface area contributed by atoms with Crippen LogP contribution in [0.1, 0.15) is 50.1 Å². The fourth-order valence-electron chi connectivity index (χ4n) is 3.32. The molecule has 1 aliphatic heterocycles. The molecule has 0 saturated carbocycles. The Kier molecular flexibility index (Phi) is 5.86. The van der Waals surface area contributed by atoms with Crippen molar-refractivity contribution in [3.8, 4) is 0 Å². The molecule has 1 atom stereocenters. The Morgan fingerprint density at radius 2 is 2.04 bits per heavy atom. The van der Waals surface area contributed by atoms with E-state index in [9.17, 15) is 4.79 Å². The van der Waals surface area contributed by atoms with Gasteiger partial charge in [0.15, 0.2) is 0 Å². The molecule has 1 aliphatic rings. The highest BCUT2D eigenvalue weighted by molar-refractivity contribution is 6.30. The molecule has 2 aromatic rings. The molecule has 0 bridgehead atoms. The number of likely N-dealkylation sites (tertiary alicyclic amines) is 1. The number of rotatable bonds is 5. The lowest BCUT2D eigenvalue weighted by molar-refractivity contribution is -0.133. The van der Waals surface area contributed by atoms with Crippen LogP contribution >= 0.6 is 11.6 Å². The SMILES string of the molecule is O=C(CCCn1cncn1)N1CCCCC[C@@H]1c1ccc(Cl)cc1. The highest BCUT2D eigenvalue weighted by Gasteiger charge is 2.26. The summed E-state index contributed by atoms with van der Waals surface area (Å²) >= 11 is 6.01. The molecule has 1 aromatic heterocycles. The maximum absolute atomic E-state index is 12.8. The van der Waals surface area contributed by atoms with Gasteiger partial charge in [-0.1, -0.05) is 36.6 Å². The summed E-state index contributed by atoms with van der Waals surface area (Å²) in [6.07, 6.45) is 8.99. The smallest absolute Gasteiger partial charge is 0.223 e. The highest BCUT2D eigenvalue weighted by Crippen LogP contribution is 2.31. The van der Waals surface area contributed by atoms with Crippen molar-refractivity contribution in [3.05, 3.63) is 47.5 Å². The Balaban J connectivity index is 1.64. The van der Waals surface area contributed by atoms with Gasteiger partial charge >= 0.3 is 0 Å². The Hall–Kier alpha value is -1.88. The van der Waals surface area contributed by atoms with E-state index in [0.29, 0.717) is 6.42 Å². The van der Waals surface area contributed by atoms with Gasteiger partial charge in [0.05, 0.1) is 6.04 Å². The Morgan fingerprint density at radius 3 is 2.79 bits per heavy atom. The number of halogens is 1. The largest absolute Gasteiger partial charge is 0.336 e. The first-order chi connectivity index (χ1) is 11.7. The van der Waals surface area contributed by atoms with Crippen LogP contribution in [0, 0.1) is 0 Å². The van der Waals surface area contributed by atoms with Gasteiger partial charge in [-0.2, -0.15) is 5.10 Å². The summed E-state index contributed by atoms with van der Waals surface area (Å²) in [6.45, 7) is 1.57. The van der Waals surface area contributed by atoms with Crippen LogP contribution < -0.4 is 0 Å². The van der Waals surface area contributed by atoms with E-state index in [1.807, 2.05) is 24.3 Å². The van der Waals surface area contributed by atoms with E-state index in [0.717, 1.165) is 43.8 Å². The first kappa shape index (κ1) is 17.0. The third kappa shape index (κ3) is 4.35. The van der Waals surface area contributed by atoms with E-state index in [-0.39, 0.29) is 11.9 Å². The van der Waals surface area contributed by atoms with Gasteiger partial charge in [0, 0.05) is 24.5 Å². The molecular weight excluding hydrogens is 324 g/mol. The molecule has 1 aromatic carbocycles. The Morgan fingerprint density at radius 1 is 1.21 bits per heavy atom. The van der Waals surface area contributed by atoms with Gasteiger partial charge in [0.1, 0.15) is 12.7 Å². The van der Waals surface area contributed by atoms with E-state index in [1.54, 1.807) is 11.0 Å². The minimum Gasteiger partial charge on any atom is -0.336 e. The van der Waals surface area contributed by atoms with Crippen LogP contribution in [0.25, 0.3) is 0 Å². The molecule has 0 spiro atoms. The zero-order valence-electron chi connectivity index (χ0n) is 13.8. The molecule has 0 radical (unpaired) electrons. The molecule has 3 rings (SSSR count). The molecule has 0 N–H and O–H groups in total. The summed E-state index contributed by atoms with van der Waals surface area (Å²) in [4.78, 5) is 18.8. The van der Waals surface area contributed by atoms with Gasteiger partial charge in [-0.15, -0.1) is 0 Å². The lowest BCUT2D eigenvalue weighted by Gasteiger charge is -2.30. The summed E-state index contributed by atoms with van der Waals surface area (Å²) in [5, 5.41) is 4.81. The monoisotopic (exact) mass is 346 g/mol. The van der Waals surface area contributed by atoms with E-state index >= 15 is 0 Å². The van der Waals surface area contributed by atoms with E-state index in [4.69, 9.17) is 11.6 Å². The third-order valence-electron chi connectivity index (χ3n) is 4.57. The second kappa shape index (κ2) is 8.29. The maximum Gasteiger partial charge on any atom is 0.223 e. The maximum atomic E-state index is 12.8. The van der Waals surface area contributed by atoms with Crippen LogP contribution in [-0.2, 0) is 11.3 Å². The molecule has 2 heterocycles. The summed E-state index contributed by atoms with van der Waals surface area (Å²) < 4.78 is 1.77. The van der Waals surface area contributed by atoms with E-state index in [1.165, 1.54) is 18.3 Å². The quantitative estimate of drug-likeness (QED) is 0.826. The zero-order chi connectivity index (χ0) is 16.8. The minimum atomic E-state index is 0.170. The number of carbonyl (C=O) groups excluding carboxylic acids is 1. The first-order valence-electron chi connectivity index (χ1n) is 8.61. The number of carbonyl (C=O) groups is 1. The number of nitrogens with zero attached hydrogens (tertiary/aromatic N) is 4. The molecule has 24 heavy (non-hydrogen) atoms. The molecule has 1 fully saturated rings. The van der Waals surface area contributed by atoms with Crippen molar-refractivity contribution in [2.24, 2.45) is 0 Å². The van der Waals surface area contributed by atoms with Crippen molar-refractivity contribution in [3.63, 3.8) is 0 Å². The lowest BCUT2D eigenvalue weighted by Crippen LogP contribution is -2.34. The lowest BCUT2D eigenvalue weighted by atomic mass is 10.0. The standard InChI is InChI=1S/C18H23ClN4O/c19-16-9-7-15(8-10-16)17-5-2-1-3-12-23(17)18(24)6-4-11-22-14-20-13-21-22/h7-10,13-14,17H,1-6,11-12H2/t17-/m1/s1. The number of benzene rings is 1. The number of aromatic nitrogens is 3. The normalized spacial score (nSPS) is 18.4. The second-order valence-corrected chi connectivity index (χ2v) is 6.70. The molecule has 5 nitrogen and oxygen atoms in total. The number of aryl methyl sites for hydroxylation is 1. The average molecular weight is 347 g/mol. The molecule has 1 amide bonds. The zero-order valence-corrected chi connectivity index (χ0v) is 14.5. The van der Waals surface area contributed by atoms with Crippen molar-refractivity contribution >= 4 is 17.5 Å². The van der Waals surface area contributed by atoms with Gasteiger partial charge in [0.25, 0.3) is 0 Å². The van der Waals surface area contributed by atoms with Crippen molar-refractivity contribution in [1.29, 1.82) is 0 Å². The average Bonchev–Trinajstić information content (AvgIpc) is 2.98. The van der Waals surface area contributed by atoms with E-state index in [2.05, 4.69) is 15.0 Å². The molecule has 6 heteroatoms. The van der Waals surface area contributed by atoms with Crippen LogP contribution in [0.15, 0.2) is 36.9 Å². The van der Waals surface area contributed by atoms with Crippen molar-refractivity contribution < 1.29 is 4.79 Å². The van der Waals surface area contributed by atoms with Crippen molar-refractivity contribution in [1.82, 2.24) is 19.7 Å². The van der Waals surface area contributed by atoms with Gasteiger partial charge in [0.2, 0.25) is 5.91 Å². The van der Waals surface area contributed by atoms with Crippen LogP contribution in [0.3, 0.4) is 0 Å². The minimum absolute atomic E-state index is 0.170. The summed E-state index contributed by atoms with van der Waals surface area (Å²) in [7, 11) is 0. The van der Waals surface area contributed by atoms with Gasteiger partial charge in [-0.05, 0) is 37.0 Å². The van der Waals surface area contributed by atoms with Gasteiger partial charge in [-0.25, -0.2) is 4.98 Å².